The molecule has 2 heterocycles. The van der Waals surface area contributed by atoms with Gasteiger partial charge in [0, 0.05) is 30.1 Å². The molecule has 0 atom stereocenters. The van der Waals surface area contributed by atoms with Gasteiger partial charge in [-0.1, -0.05) is 11.6 Å². The maximum Gasteiger partial charge on any atom is 0.323 e. The molecule has 0 aliphatic carbocycles. The number of carbonyl (C=O) groups excluding carboxylic acids is 1. The van der Waals surface area contributed by atoms with Gasteiger partial charge in [0.2, 0.25) is 0 Å². The van der Waals surface area contributed by atoms with Crippen LogP contribution in [0, 0.1) is 0 Å². The fourth-order valence-electron chi connectivity index (χ4n) is 2.45. The second-order valence-electron chi connectivity index (χ2n) is 5.10. The van der Waals surface area contributed by atoms with Crippen molar-refractivity contribution in [3.05, 3.63) is 41.0 Å². The van der Waals surface area contributed by atoms with Gasteiger partial charge < -0.3 is 15.0 Å². The number of ether oxygens (including phenoxy) is 1. The molecule has 1 aliphatic heterocycles. The predicted molar refractivity (Wildman–Crippen MR) is 90.6 cm³/mol. The number of carbonyl (C=O) groups is 1. The molecule has 23 heavy (non-hydrogen) atoms. The van der Waals surface area contributed by atoms with Gasteiger partial charge in [0.25, 0.3) is 0 Å². The summed E-state index contributed by atoms with van der Waals surface area (Å²) in [5, 5.41) is 6.69. The van der Waals surface area contributed by atoms with Crippen LogP contribution in [0.2, 0.25) is 5.02 Å². The first-order chi connectivity index (χ1) is 11.1. The van der Waals surface area contributed by atoms with E-state index < -0.39 is 0 Å². The molecule has 2 N–H and O–H groups in total. The summed E-state index contributed by atoms with van der Waals surface area (Å²) in [6, 6.07) is 7.13. The summed E-state index contributed by atoms with van der Waals surface area (Å²) < 4.78 is 5.23. The Kier molecular flexibility index (Phi) is 4.25. The highest BCUT2D eigenvalue weighted by atomic mass is 35.5. The average molecular weight is 333 g/mol. The Morgan fingerprint density at radius 2 is 2.22 bits per heavy atom. The van der Waals surface area contributed by atoms with Crippen molar-refractivity contribution in [1.29, 1.82) is 0 Å². The van der Waals surface area contributed by atoms with Gasteiger partial charge in [0.1, 0.15) is 11.6 Å². The number of methoxy groups -OCH3 is 1. The fraction of sp³-hybridized carbons (Fsp3) is 0.250. The number of urea groups is 1. The van der Waals surface area contributed by atoms with Crippen molar-refractivity contribution in [3.63, 3.8) is 0 Å². The van der Waals surface area contributed by atoms with Crippen LogP contribution >= 0.6 is 11.6 Å². The third-order valence-corrected chi connectivity index (χ3v) is 4.07. The number of benzene rings is 1. The van der Waals surface area contributed by atoms with E-state index in [4.69, 9.17) is 16.3 Å². The van der Waals surface area contributed by atoms with Crippen LogP contribution in [0.1, 0.15) is 12.5 Å². The number of halogens is 1. The van der Waals surface area contributed by atoms with Gasteiger partial charge >= 0.3 is 6.03 Å². The first kappa shape index (κ1) is 15.4. The van der Waals surface area contributed by atoms with E-state index in [1.54, 1.807) is 30.3 Å². The lowest BCUT2D eigenvalue weighted by atomic mass is 10.1. The molecule has 0 radical (unpaired) electrons. The second kappa shape index (κ2) is 6.34. The number of hydrogen-bond donors (Lipinski definition) is 2. The Hall–Kier alpha value is -2.47. The Morgan fingerprint density at radius 3 is 2.96 bits per heavy atom. The van der Waals surface area contributed by atoms with Gasteiger partial charge in [-0.2, -0.15) is 0 Å². The van der Waals surface area contributed by atoms with Crippen LogP contribution < -0.4 is 15.4 Å². The largest absolute Gasteiger partial charge is 0.497 e. The molecular weight excluding hydrogens is 316 g/mol. The molecule has 7 heteroatoms. The average Bonchev–Trinajstić information content (AvgIpc) is 2.56. The van der Waals surface area contributed by atoms with E-state index in [0.717, 1.165) is 16.9 Å². The minimum absolute atomic E-state index is 0.135. The summed E-state index contributed by atoms with van der Waals surface area (Å²) in [6.45, 7) is 3.06. The Morgan fingerprint density at radius 1 is 1.39 bits per heavy atom. The molecule has 2 amide bonds. The third-order valence-electron chi connectivity index (χ3n) is 3.74. The standard InChI is InChI=1S/C16H17ClN4O2/c1-3-21-9-11-13(6-7-18-15(11)20-16(21)22)19-14-8-10(23-2)4-5-12(14)17/h4-8H,3,9H2,1-2H3,(H2,18,19,20,22). The van der Waals surface area contributed by atoms with Gasteiger partial charge in [-0.3, -0.25) is 5.32 Å². The lowest BCUT2D eigenvalue weighted by Gasteiger charge is -2.29. The van der Waals surface area contributed by atoms with Crippen molar-refractivity contribution in [1.82, 2.24) is 9.88 Å². The fourth-order valence-corrected chi connectivity index (χ4v) is 2.61. The Bertz CT molecular complexity index is 751. The monoisotopic (exact) mass is 332 g/mol. The second-order valence-corrected chi connectivity index (χ2v) is 5.51. The highest BCUT2D eigenvalue weighted by Crippen LogP contribution is 2.34. The molecular formula is C16H17ClN4O2. The van der Waals surface area contributed by atoms with E-state index in [0.29, 0.717) is 29.7 Å². The van der Waals surface area contributed by atoms with Crippen molar-refractivity contribution < 1.29 is 9.53 Å². The number of nitrogens with one attached hydrogen (secondary N) is 2. The smallest absolute Gasteiger partial charge is 0.323 e. The zero-order chi connectivity index (χ0) is 16.4. The summed E-state index contributed by atoms with van der Waals surface area (Å²) in [6.07, 6.45) is 1.65. The zero-order valence-electron chi connectivity index (χ0n) is 12.9. The molecule has 0 saturated carbocycles. The molecule has 1 aromatic carbocycles. The third kappa shape index (κ3) is 3.03. The van der Waals surface area contributed by atoms with Crippen LogP contribution in [-0.2, 0) is 6.54 Å². The van der Waals surface area contributed by atoms with Crippen LogP contribution in [0.3, 0.4) is 0 Å². The molecule has 0 unspecified atom stereocenters. The zero-order valence-corrected chi connectivity index (χ0v) is 13.6. The highest BCUT2D eigenvalue weighted by molar-refractivity contribution is 6.33. The number of hydrogen-bond acceptors (Lipinski definition) is 4. The van der Waals surface area contributed by atoms with Crippen LogP contribution in [0.5, 0.6) is 5.75 Å². The van der Waals surface area contributed by atoms with E-state index in [1.165, 1.54) is 0 Å². The predicted octanol–water partition coefficient (Wildman–Crippen LogP) is 3.85. The van der Waals surface area contributed by atoms with Gasteiger partial charge in [-0.25, -0.2) is 9.78 Å². The van der Waals surface area contributed by atoms with Gasteiger partial charge in [0.05, 0.1) is 24.4 Å². The van der Waals surface area contributed by atoms with E-state index in [1.807, 2.05) is 19.1 Å². The number of rotatable bonds is 4. The van der Waals surface area contributed by atoms with Crippen molar-refractivity contribution in [2.45, 2.75) is 13.5 Å². The number of aromatic nitrogens is 1. The van der Waals surface area contributed by atoms with Crippen LogP contribution in [0.25, 0.3) is 0 Å². The number of nitrogens with zero attached hydrogens (tertiary/aromatic N) is 2. The summed E-state index contributed by atoms with van der Waals surface area (Å²) in [4.78, 5) is 17.9. The number of pyridine rings is 1. The normalized spacial score (nSPS) is 13.3. The van der Waals surface area contributed by atoms with E-state index >= 15 is 0 Å². The molecule has 1 aromatic heterocycles. The highest BCUT2D eigenvalue weighted by Gasteiger charge is 2.24. The minimum atomic E-state index is -0.135. The molecule has 6 nitrogen and oxygen atoms in total. The van der Waals surface area contributed by atoms with Crippen LogP contribution in [-0.4, -0.2) is 29.6 Å². The maximum absolute atomic E-state index is 11.9. The topological polar surface area (TPSA) is 66.5 Å². The molecule has 2 aromatic rings. The number of amides is 2. The first-order valence-corrected chi connectivity index (χ1v) is 7.64. The number of fused-ring (bicyclic) bond motifs is 1. The molecule has 0 bridgehead atoms. The Labute approximate surface area is 139 Å². The molecule has 0 saturated heterocycles. The van der Waals surface area contributed by atoms with Gasteiger partial charge in [0.15, 0.2) is 0 Å². The van der Waals surface area contributed by atoms with Crippen molar-refractivity contribution in [2.24, 2.45) is 0 Å². The lowest BCUT2D eigenvalue weighted by molar-refractivity contribution is 0.209. The van der Waals surface area contributed by atoms with Crippen molar-refractivity contribution in [2.75, 3.05) is 24.3 Å². The summed E-state index contributed by atoms with van der Waals surface area (Å²) in [5.41, 5.74) is 2.51. The van der Waals surface area contributed by atoms with Crippen molar-refractivity contribution in [3.8, 4) is 5.75 Å². The molecule has 0 spiro atoms. The summed E-state index contributed by atoms with van der Waals surface area (Å²) >= 11 is 6.25. The first-order valence-electron chi connectivity index (χ1n) is 7.26. The molecule has 3 rings (SSSR count). The van der Waals surface area contributed by atoms with Crippen LogP contribution in [0.4, 0.5) is 22.0 Å². The van der Waals surface area contributed by atoms with Crippen molar-refractivity contribution >= 4 is 34.8 Å². The minimum Gasteiger partial charge on any atom is -0.497 e. The van der Waals surface area contributed by atoms with E-state index in [2.05, 4.69) is 15.6 Å². The SMILES string of the molecule is CCN1Cc2c(Nc3cc(OC)ccc3Cl)ccnc2NC1=O. The molecule has 0 fully saturated rings. The van der Waals surface area contributed by atoms with E-state index in [-0.39, 0.29) is 6.03 Å². The van der Waals surface area contributed by atoms with Crippen LogP contribution in [0.15, 0.2) is 30.5 Å². The van der Waals surface area contributed by atoms with Gasteiger partial charge in [-0.05, 0) is 25.1 Å². The van der Waals surface area contributed by atoms with Gasteiger partial charge in [-0.15, -0.1) is 0 Å². The van der Waals surface area contributed by atoms with E-state index in [9.17, 15) is 4.79 Å². The molecule has 120 valence electrons. The lowest BCUT2D eigenvalue weighted by Crippen LogP contribution is -2.39. The quantitative estimate of drug-likeness (QED) is 0.892. The summed E-state index contributed by atoms with van der Waals surface area (Å²) in [7, 11) is 1.61. The maximum atomic E-state index is 11.9. The molecule has 1 aliphatic rings. The summed E-state index contributed by atoms with van der Waals surface area (Å²) in [5.74, 6) is 1.28. The number of anilines is 3. The Balaban J connectivity index is 1.96.